The van der Waals surface area contributed by atoms with Gasteiger partial charge in [-0.1, -0.05) is 24.3 Å². The number of rotatable bonds is 1. The molecule has 1 nitrogen and oxygen atoms in total. The van der Waals surface area contributed by atoms with E-state index in [0.29, 0.717) is 0 Å². The Labute approximate surface area is 90.4 Å². The van der Waals surface area contributed by atoms with Crippen molar-refractivity contribution in [2.75, 3.05) is 0 Å². The van der Waals surface area contributed by atoms with E-state index in [-0.39, 0.29) is 12.4 Å². The molecule has 0 saturated carbocycles. The molecular weight excluding hydrogens is 194 g/mol. The Morgan fingerprint density at radius 3 is 2.14 bits per heavy atom. The molecule has 1 aromatic heterocycles. The highest BCUT2D eigenvalue weighted by Gasteiger charge is 2.05. The third-order valence-electron chi connectivity index (χ3n) is 2.11. The summed E-state index contributed by atoms with van der Waals surface area (Å²) >= 11 is 0. The van der Waals surface area contributed by atoms with E-state index in [4.69, 9.17) is 0 Å². The van der Waals surface area contributed by atoms with Crippen molar-refractivity contribution in [3.8, 4) is 5.69 Å². The van der Waals surface area contributed by atoms with Crippen LogP contribution in [-0.2, 0) is 0 Å². The monoisotopic (exact) mass is 205 g/mol. The first-order valence-corrected chi connectivity index (χ1v) is 4.40. The number of benzene rings is 1. The first-order chi connectivity index (χ1) is 6.38. The molecule has 2 aromatic rings. The van der Waals surface area contributed by atoms with Gasteiger partial charge in [0.25, 0.3) is 0 Å². The molecule has 0 bridgehead atoms. The molecule has 0 amide bonds. The van der Waals surface area contributed by atoms with Gasteiger partial charge in [0.15, 0.2) is 12.4 Å². The number of aromatic nitrogens is 1. The van der Waals surface area contributed by atoms with Crippen LogP contribution in [0.5, 0.6) is 0 Å². The second-order valence-corrected chi connectivity index (χ2v) is 3.07. The number of halogens is 1. The topological polar surface area (TPSA) is 3.88 Å². The second kappa shape index (κ2) is 4.77. The Balaban J connectivity index is 0.000000980. The zero-order valence-electron chi connectivity index (χ0n) is 8.02. The number of para-hydroxylation sites is 1. The summed E-state index contributed by atoms with van der Waals surface area (Å²) < 4.78 is 2.12. The molecule has 0 saturated heterocycles. The van der Waals surface area contributed by atoms with Gasteiger partial charge >= 0.3 is 0 Å². The Hall–Kier alpha value is -1.34. The van der Waals surface area contributed by atoms with Crippen molar-refractivity contribution in [1.29, 1.82) is 0 Å². The van der Waals surface area contributed by atoms with Crippen molar-refractivity contribution in [2.24, 2.45) is 0 Å². The number of pyridine rings is 1. The zero-order valence-corrected chi connectivity index (χ0v) is 8.78. The molecule has 0 fully saturated rings. The molecule has 0 unspecified atom stereocenters. The van der Waals surface area contributed by atoms with Crippen LogP contribution in [0.3, 0.4) is 0 Å². The number of aryl methyl sites for hydroxylation is 1. The highest BCUT2D eigenvalue weighted by Crippen LogP contribution is 2.05. The van der Waals surface area contributed by atoms with E-state index in [9.17, 15) is 0 Å². The summed E-state index contributed by atoms with van der Waals surface area (Å²) in [5.74, 6) is 0. The van der Waals surface area contributed by atoms with Gasteiger partial charge in [-0.25, -0.2) is 0 Å². The Kier molecular flexibility index (Phi) is 3.66. The largest absolute Gasteiger partial charge is 1.00 e. The lowest BCUT2D eigenvalue weighted by Crippen LogP contribution is -3.00. The van der Waals surface area contributed by atoms with E-state index in [1.807, 2.05) is 18.2 Å². The van der Waals surface area contributed by atoms with Gasteiger partial charge in [-0.15, -0.1) is 0 Å². The maximum Gasteiger partial charge on any atom is 0.213 e. The molecule has 2 heteroatoms. The van der Waals surface area contributed by atoms with Crippen LogP contribution < -0.4 is 17.0 Å². The van der Waals surface area contributed by atoms with Gasteiger partial charge in [-0.2, -0.15) is 4.57 Å². The summed E-state index contributed by atoms with van der Waals surface area (Å²) in [6.45, 7) is 2.12. The predicted octanol–water partition coefficient (Wildman–Crippen LogP) is -0.724. The average molecular weight is 206 g/mol. The molecule has 0 atom stereocenters. The summed E-state index contributed by atoms with van der Waals surface area (Å²) in [7, 11) is 0. The van der Waals surface area contributed by atoms with Crippen molar-refractivity contribution >= 4 is 0 Å². The van der Waals surface area contributed by atoms with Crippen molar-refractivity contribution in [3.63, 3.8) is 0 Å². The number of hydrogen-bond acceptors (Lipinski definition) is 0. The molecule has 14 heavy (non-hydrogen) atoms. The van der Waals surface area contributed by atoms with Crippen molar-refractivity contribution in [3.05, 3.63) is 60.4 Å². The van der Waals surface area contributed by atoms with Crippen LogP contribution in [0.1, 0.15) is 5.56 Å². The van der Waals surface area contributed by atoms with Gasteiger partial charge < -0.3 is 12.4 Å². The first-order valence-electron chi connectivity index (χ1n) is 4.40. The van der Waals surface area contributed by atoms with E-state index in [2.05, 4.69) is 48.1 Å². The Morgan fingerprint density at radius 1 is 0.857 bits per heavy atom. The standard InChI is InChI=1S/C12H12N.ClH/c1-11-7-3-4-8-12(11)13-9-5-2-6-10-13;/h2-10H,1H3;1H/q+1;/p-1. The normalized spacial score (nSPS) is 9.21. The molecule has 0 aliphatic carbocycles. The fraction of sp³-hybridized carbons (Fsp3) is 0.0833. The molecule has 0 N–H and O–H groups in total. The second-order valence-electron chi connectivity index (χ2n) is 3.07. The maximum atomic E-state index is 2.12. The van der Waals surface area contributed by atoms with Gasteiger partial charge in [0, 0.05) is 23.8 Å². The van der Waals surface area contributed by atoms with Crippen LogP contribution in [0.15, 0.2) is 54.9 Å². The lowest BCUT2D eigenvalue weighted by atomic mass is 10.2. The molecule has 0 spiro atoms. The van der Waals surface area contributed by atoms with Crippen molar-refractivity contribution in [2.45, 2.75) is 6.92 Å². The third kappa shape index (κ3) is 2.12. The molecule has 72 valence electrons. The fourth-order valence-electron chi connectivity index (χ4n) is 1.41. The zero-order chi connectivity index (χ0) is 9.10. The van der Waals surface area contributed by atoms with Crippen molar-refractivity contribution < 1.29 is 17.0 Å². The summed E-state index contributed by atoms with van der Waals surface area (Å²) in [6, 6.07) is 14.4. The van der Waals surface area contributed by atoms with Crippen LogP contribution in [-0.4, -0.2) is 0 Å². The lowest BCUT2D eigenvalue weighted by Gasteiger charge is -1.97. The molecule has 1 heterocycles. The lowest BCUT2D eigenvalue weighted by molar-refractivity contribution is -0.596. The Bertz CT molecular complexity index is 398. The SMILES string of the molecule is Cc1ccccc1-[n+]1ccccc1.[Cl-]. The molecule has 1 aromatic carbocycles. The van der Waals surface area contributed by atoms with Gasteiger partial charge in [0.05, 0.1) is 0 Å². The van der Waals surface area contributed by atoms with Gasteiger partial charge in [-0.05, 0) is 6.92 Å². The number of nitrogens with zero attached hydrogens (tertiary/aromatic N) is 1. The maximum absolute atomic E-state index is 2.12. The van der Waals surface area contributed by atoms with Crippen LogP contribution in [0.25, 0.3) is 5.69 Å². The van der Waals surface area contributed by atoms with Gasteiger partial charge in [0.2, 0.25) is 5.69 Å². The van der Waals surface area contributed by atoms with Crippen LogP contribution in [0, 0.1) is 6.92 Å². The van der Waals surface area contributed by atoms with E-state index in [1.165, 1.54) is 11.3 Å². The summed E-state index contributed by atoms with van der Waals surface area (Å²) in [5.41, 5.74) is 2.53. The number of hydrogen-bond donors (Lipinski definition) is 0. The average Bonchev–Trinajstić information content (AvgIpc) is 2.20. The quantitative estimate of drug-likeness (QED) is 0.541. The fourth-order valence-corrected chi connectivity index (χ4v) is 1.41. The molecule has 0 aliphatic rings. The van der Waals surface area contributed by atoms with Crippen LogP contribution in [0.2, 0.25) is 0 Å². The minimum Gasteiger partial charge on any atom is -1.00 e. The smallest absolute Gasteiger partial charge is 0.213 e. The van der Waals surface area contributed by atoms with E-state index < -0.39 is 0 Å². The van der Waals surface area contributed by atoms with Gasteiger partial charge in [0.1, 0.15) is 0 Å². The van der Waals surface area contributed by atoms with E-state index in [1.54, 1.807) is 0 Å². The van der Waals surface area contributed by atoms with Crippen molar-refractivity contribution in [1.82, 2.24) is 0 Å². The van der Waals surface area contributed by atoms with Gasteiger partial charge in [-0.3, -0.25) is 0 Å². The molecule has 2 rings (SSSR count). The Morgan fingerprint density at radius 2 is 1.50 bits per heavy atom. The van der Waals surface area contributed by atoms with E-state index in [0.717, 1.165) is 0 Å². The third-order valence-corrected chi connectivity index (χ3v) is 2.11. The van der Waals surface area contributed by atoms with Crippen LogP contribution in [0.4, 0.5) is 0 Å². The van der Waals surface area contributed by atoms with E-state index >= 15 is 0 Å². The summed E-state index contributed by atoms with van der Waals surface area (Å²) in [6.07, 6.45) is 4.12. The van der Waals surface area contributed by atoms with Crippen LogP contribution >= 0.6 is 0 Å². The summed E-state index contributed by atoms with van der Waals surface area (Å²) in [5, 5.41) is 0. The minimum atomic E-state index is 0. The molecule has 0 radical (unpaired) electrons. The predicted molar refractivity (Wildman–Crippen MR) is 52.7 cm³/mol. The summed E-state index contributed by atoms with van der Waals surface area (Å²) in [4.78, 5) is 0. The highest BCUT2D eigenvalue weighted by molar-refractivity contribution is 5.31. The molecular formula is C12H12ClN. The first kappa shape index (κ1) is 10.7. The molecule has 0 aliphatic heterocycles. The minimum absolute atomic E-state index is 0. The highest BCUT2D eigenvalue weighted by atomic mass is 35.5.